The largest absolute Gasteiger partial charge is 0.329 e. The number of nitrogens with two attached hydrogens (primary N) is 1. The molecule has 2 rings (SSSR count). The molecule has 0 unspecified atom stereocenters. The van der Waals surface area contributed by atoms with Gasteiger partial charge in [-0.05, 0) is 18.6 Å². The van der Waals surface area contributed by atoms with Crippen molar-refractivity contribution in [1.29, 1.82) is 0 Å². The fourth-order valence-electron chi connectivity index (χ4n) is 1.83. The second kappa shape index (κ2) is 3.83. The Balaban J connectivity index is 2.34. The van der Waals surface area contributed by atoms with Gasteiger partial charge in [-0.1, -0.05) is 18.2 Å². The van der Waals surface area contributed by atoms with Crippen LogP contribution in [0.5, 0.6) is 0 Å². The van der Waals surface area contributed by atoms with Gasteiger partial charge in [0, 0.05) is 13.1 Å². The first-order valence-electron chi connectivity index (χ1n) is 4.93. The van der Waals surface area contributed by atoms with Gasteiger partial charge >= 0.3 is 0 Å². The molecule has 1 aliphatic rings. The highest BCUT2D eigenvalue weighted by molar-refractivity contribution is 7.93. The molecule has 0 amide bonds. The lowest BCUT2D eigenvalue weighted by molar-refractivity contribution is 0.588. The Morgan fingerprint density at radius 2 is 2.00 bits per heavy atom. The van der Waals surface area contributed by atoms with Gasteiger partial charge in [-0.25, -0.2) is 8.42 Å². The average Bonchev–Trinajstić information content (AvgIpc) is 2.54. The molecule has 15 heavy (non-hydrogen) atoms. The maximum Gasteiger partial charge on any atom is 0.239 e. The van der Waals surface area contributed by atoms with Gasteiger partial charge < -0.3 is 5.73 Å². The van der Waals surface area contributed by atoms with E-state index in [-0.39, 0.29) is 6.54 Å². The van der Waals surface area contributed by atoms with Gasteiger partial charge in [0.15, 0.2) is 0 Å². The summed E-state index contributed by atoms with van der Waals surface area (Å²) in [5.41, 5.74) is 6.17. The number of rotatable bonds is 2. The summed E-state index contributed by atoms with van der Waals surface area (Å²) in [5, 5.41) is -0.419. The number of benzene rings is 1. The highest BCUT2D eigenvalue weighted by Crippen LogP contribution is 2.27. The monoisotopic (exact) mass is 226 g/mol. The van der Waals surface area contributed by atoms with Gasteiger partial charge in [-0.2, -0.15) is 0 Å². The molecule has 1 heterocycles. The van der Waals surface area contributed by atoms with E-state index >= 15 is 0 Å². The predicted octanol–water partition coefficient (Wildman–Crippen LogP) is 0.554. The van der Waals surface area contributed by atoms with Crippen molar-refractivity contribution < 1.29 is 8.42 Å². The number of nitrogens with zero attached hydrogens (tertiary/aromatic N) is 1. The van der Waals surface area contributed by atoms with Crippen LogP contribution in [0.15, 0.2) is 30.3 Å². The number of hydrogen-bond acceptors (Lipinski definition) is 3. The number of hydrogen-bond donors (Lipinski definition) is 1. The third-order valence-corrected chi connectivity index (χ3v) is 4.97. The zero-order chi connectivity index (χ0) is 10.9. The zero-order valence-electron chi connectivity index (χ0n) is 8.33. The molecule has 0 spiro atoms. The molecule has 1 aliphatic heterocycles. The lowest BCUT2D eigenvalue weighted by Crippen LogP contribution is -2.33. The summed E-state index contributed by atoms with van der Waals surface area (Å²) in [6.07, 6.45) is 0.619. The molecule has 0 bridgehead atoms. The van der Waals surface area contributed by atoms with E-state index in [1.54, 1.807) is 12.1 Å². The van der Waals surface area contributed by atoms with Gasteiger partial charge in [-0.15, -0.1) is 0 Å². The molecule has 2 N–H and O–H groups in total. The highest BCUT2D eigenvalue weighted by Gasteiger charge is 2.37. The minimum Gasteiger partial charge on any atom is -0.329 e. The highest BCUT2D eigenvalue weighted by atomic mass is 32.2. The van der Waals surface area contributed by atoms with Crippen molar-refractivity contribution >= 4 is 15.7 Å². The van der Waals surface area contributed by atoms with Crippen LogP contribution in [0.2, 0.25) is 0 Å². The molecule has 4 nitrogen and oxygen atoms in total. The van der Waals surface area contributed by atoms with Crippen LogP contribution in [0.3, 0.4) is 0 Å². The molecule has 1 aromatic rings. The molecule has 0 aromatic heterocycles. The van der Waals surface area contributed by atoms with E-state index < -0.39 is 15.3 Å². The van der Waals surface area contributed by atoms with Crippen molar-refractivity contribution in [2.45, 2.75) is 11.7 Å². The second-order valence-electron chi connectivity index (χ2n) is 3.60. The Kier molecular flexibility index (Phi) is 2.67. The molecule has 0 aliphatic carbocycles. The molecule has 0 radical (unpaired) electrons. The maximum atomic E-state index is 12.0. The first kappa shape index (κ1) is 10.4. The van der Waals surface area contributed by atoms with Crippen LogP contribution in [0.1, 0.15) is 6.42 Å². The Labute approximate surface area is 89.7 Å². The normalized spacial score (nSPS) is 24.3. The number of anilines is 1. The minimum absolute atomic E-state index is 0.200. The van der Waals surface area contributed by atoms with Crippen LogP contribution in [0, 0.1) is 0 Å². The van der Waals surface area contributed by atoms with E-state index in [1.807, 2.05) is 18.2 Å². The van der Waals surface area contributed by atoms with Crippen LogP contribution >= 0.6 is 0 Å². The number of para-hydroxylation sites is 1. The smallest absolute Gasteiger partial charge is 0.239 e. The molecular weight excluding hydrogens is 212 g/mol. The summed E-state index contributed by atoms with van der Waals surface area (Å²) in [5.74, 6) is 0. The van der Waals surface area contributed by atoms with Crippen LogP contribution in [-0.4, -0.2) is 26.8 Å². The molecule has 1 fully saturated rings. The van der Waals surface area contributed by atoms with Crippen LogP contribution in [0.25, 0.3) is 0 Å². The molecule has 82 valence electrons. The van der Waals surface area contributed by atoms with E-state index in [2.05, 4.69) is 0 Å². The van der Waals surface area contributed by atoms with E-state index in [9.17, 15) is 8.42 Å². The van der Waals surface area contributed by atoms with Crippen LogP contribution in [0.4, 0.5) is 5.69 Å². The second-order valence-corrected chi connectivity index (χ2v) is 5.74. The summed E-state index contributed by atoms with van der Waals surface area (Å²) < 4.78 is 25.4. The van der Waals surface area contributed by atoms with Gasteiger partial charge in [0.25, 0.3) is 0 Å². The fraction of sp³-hybridized carbons (Fsp3) is 0.400. The first-order valence-corrected chi connectivity index (χ1v) is 6.43. The van der Waals surface area contributed by atoms with Crippen molar-refractivity contribution in [3.63, 3.8) is 0 Å². The third-order valence-electron chi connectivity index (χ3n) is 2.69. The lowest BCUT2D eigenvalue weighted by Gasteiger charge is -2.18. The number of sulfonamides is 1. The fourth-order valence-corrected chi connectivity index (χ4v) is 3.61. The predicted molar refractivity (Wildman–Crippen MR) is 60.2 cm³/mol. The zero-order valence-corrected chi connectivity index (χ0v) is 9.15. The van der Waals surface area contributed by atoms with Crippen molar-refractivity contribution in [3.05, 3.63) is 30.3 Å². The van der Waals surface area contributed by atoms with E-state index in [0.717, 1.165) is 5.69 Å². The Morgan fingerprint density at radius 1 is 1.33 bits per heavy atom. The molecule has 1 atom stereocenters. The van der Waals surface area contributed by atoms with Gasteiger partial charge in [0.05, 0.1) is 10.9 Å². The van der Waals surface area contributed by atoms with Crippen LogP contribution in [-0.2, 0) is 10.0 Å². The Bertz CT molecular complexity index is 430. The Hall–Kier alpha value is -1.07. The summed E-state index contributed by atoms with van der Waals surface area (Å²) >= 11 is 0. The van der Waals surface area contributed by atoms with Gasteiger partial charge in [0.2, 0.25) is 10.0 Å². The van der Waals surface area contributed by atoms with Gasteiger partial charge in [0.1, 0.15) is 0 Å². The van der Waals surface area contributed by atoms with E-state index in [4.69, 9.17) is 5.73 Å². The van der Waals surface area contributed by atoms with Crippen LogP contribution < -0.4 is 10.0 Å². The SMILES string of the molecule is NC[C@H]1CCN(c2ccccc2)S1(=O)=O. The molecule has 5 heteroatoms. The topological polar surface area (TPSA) is 63.4 Å². The van der Waals surface area contributed by atoms with E-state index in [1.165, 1.54) is 4.31 Å². The standard InChI is InChI=1S/C10H14N2O2S/c11-8-10-6-7-12(15(10,13)14)9-4-2-1-3-5-9/h1-5,10H,6-8,11H2/t10-/m1/s1. The van der Waals surface area contributed by atoms with Crippen molar-refractivity contribution in [1.82, 2.24) is 0 Å². The molecular formula is C10H14N2O2S. The molecule has 0 saturated carbocycles. The minimum atomic E-state index is -3.22. The average molecular weight is 226 g/mol. The molecule has 1 aromatic carbocycles. The van der Waals surface area contributed by atoms with E-state index in [0.29, 0.717) is 13.0 Å². The quantitative estimate of drug-likeness (QED) is 0.801. The van der Waals surface area contributed by atoms with Crippen molar-refractivity contribution in [2.75, 3.05) is 17.4 Å². The van der Waals surface area contributed by atoms with Crippen molar-refractivity contribution in [3.8, 4) is 0 Å². The maximum absolute atomic E-state index is 12.0. The van der Waals surface area contributed by atoms with Gasteiger partial charge in [-0.3, -0.25) is 4.31 Å². The summed E-state index contributed by atoms with van der Waals surface area (Å²) in [4.78, 5) is 0. The first-order chi connectivity index (χ1) is 7.16. The summed E-state index contributed by atoms with van der Waals surface area (Å²) in [6, 6.07) is 9.14. The summed E-state index contributed by atoms with van der Waals surface area (Å²) in [7, 11) is -3.22. The lowest BCUT2D eigenvalue weighted by atomic mass is 10.3. The Morgan fingerprint density at radius 3 is 2.53 bits per heavy atom. The third kappa shape index (κ3) is 1.72. The summed E-state index contributed by atoms with van der Waals surface area (Å²) in [6.45, 7) is 0.736. The molecule has 1 saturated heterocycles. The van der Waals surface area contributed by atoms with Crippen molar-refractivity contribution in [2.24, 2.45) is 5.73 Å².